The van der Waals surface area contributed by atoms with Gasteiger partial charge in [-0.2, -0.15) is 23.4 Å². The summed E-state index contributed by atoms with van der Waals surface area (Å²) in [6.45, 7) is 1.51. The second-order valence-corrected chi connectivity index (χ2v) is 7.49. The van der Waals surface area contributed by atoms with Gasteiger partial charge in [0.15, 0.2) is 5.82 Å². The number of amides is 1. The highest BCUT2D eigenvalue weighted by Gasteiger charge is 2.45. The van der Waals surface area contributed by atoms with Crippen LogP contribution in [-0.4, -0.2) is 74.6 Å². The van der Waals surface area contributed by atoms with Crippen molar-refractivity contribution in [3.8, 4) is 5.88 Å². The van der Waals surface area contributed by atoms with Crippen molar-refractivity contribution in [3.05, 3.63) is 48.2 Å². The lowest BCUT2D eigenvalue weighted by Crippen LogP contribution is -2.50. The molecular formula is C20H20F4N4O5. The maximum atomic E-state index is 13.7. The summed E-state index contributed by atoms with van der Waals surface area (Å²) in [6.07, 6.45) is 1.39. The van der Waals surface area contributed by atoms with Gasteiger partial charge in [0.1, 0.15) is 6.10 Å². The van der Waals surface area contributed by atoms with Gasteiger partial charge in [-0.1, -0.05) is 0 Å². The number of carboxylic acids is 1. The van der Waals surface area contributed by atoms with Crippen molar-refractivity contribution in [2.24, 2.45) is 0 Å². The zero-order chi connectivity index (χ0) is 24.1. The van der Waals surface area contributed by atoms with Crippen molar-refractivity contribution in [2.45, 2.75) is 37.1 Å². The molecule has 33 heavy (non-hydrogen) atoms. The second kappa shape index (κ2) is 10.1. The van der Waals surface area contributed by atoms with Crippen molar-refractivity contribution in [3.63, 3.8) is 0 Å². The molecule has 2 atom stereocenters. The van der Waals surface area contributed by atoms with Crippen LogP contribution in [0.25, 0.3) is 0 Å². The van der Waals surface area contributed by atoms with E-state index in [0.29, 0.717) is 31.7 Å². The standard InChI is InChI=1S/C18H19FN4O3.C2HF3O2/c19-15-3-1-6-20-16(15)26-14-9-18(25-11-14)5-2-8-23(12-18)17(24)13-4-7-21-22-10-13;3-2(4,5)1(6)7/h1,3-4,6-7,10,14H,2,5,8-9,11-12H2;(H,6,7)/t14-,18+;/m1./s1. The van der Waals surface area contributed by atoms with Gasteiger partial charge in [0.2, 0.25) is 0 Å². The molecule has 0 bridgehead atoms. The summed E-state index contributed by atoms with van der Waals surface area (Å²) in [5.41, 5.74) is 0.0583. The lowest BCUT2D eigenvalue weighted by Gasteiger charge is -2.39. The van der Waals surface area contributed by atoms with Crippen LogP contribution in [-0.2, 0) is 9.53 Å². The number of halogens is 4. The Morgan fingerprint density at radius 1 is 1.24 bits per heavy atom. The molecule has 9 nitrogen and oxygen atoms in total. The van der Waals surface area contributed by atoms with E-state index in [4.69, 9.17) is 19.4 Å². The molecule has 1 amide bonds. The number of ether oxygens (including phenoxy) is 2. The lowest BCUT2D eigenvalue weighted by atomic mass is 9.89. The number of carboxylic acid groups (broad SMARTS) is 1. The number of alkyl halides is 3. The van der Waals surface area contributed by atoms with E-state index < -0.39 is 23.6 Å². The Balaban J connectivity index is 0.000000383. The number of likely N-dealkylation sites (tertiary alicyclic amines) is 1. The molecule has 1 N–H and O–H groups in total. The summed E-state index contributed by atoms with van der Waals surface area (Å²) >= 11 is 0. The smallest absolute Gasteiger partial charge is 0.475 e. The molecule has 2 aromatic heterocycles. The maximum absolute atomic E-state index is 13.7. The van der Waals surface area contributed by atoms with Crippen LogP contribution < -0.4 is 4.74 Å². The Hall–Kier alpha value is -3.35. The van der Waals surface area contributed by atoms with Crippen LogP contribution in [0.5, 0.6) is 5.88 Å². The van der Waals surface area contributed by atoms with Crippen molar-refractivity contribution >= 4 is 11.9 Å². The number of nitrogens with zero attached hydrogens (tertiary/aromatic N) is 4. The minimum Gasteiger partial charge on any atom is -0.475 e. The first-order valence-electron chi connectivity index (χ1n) is 9.87. The number of carbonyl (C=O) groups is 2. The minimum absolute atomic E-state index is 0.00949. The maximum Gasteiger partial charge on any atom is 0.490 e. The Kier molecular flexibility index (Phi) is 7.41. The van der Waals surface area contributed by atoms with E-state index in [2.05, 4.69) is 15.2 Å². The molecular weight excluding hydrogens is 452 g/mol. The van der Waals surface area contributed by atoms with Gasteiger partial charge in [0.25, 0.3) is 11.8 Å². The Morgan fingerprint density at radius 3 is 2.64 bits per heavy atom. The van der Waals surface area contributed by atoms with Gasteiger partial charge < -0.3 is 19.5 Å². The third-order valence-corrected chi connectivity index (χ3v) is 5.08. The number of hydrogen-bond acceptors (Lipinski definition) is 7. The van der Waals surface area contributed by atoms with Gasteiger partial charge in [-0.15, -0.1) is 0 Å². The van der Waals surface area contributed by atoms with Crippen LogP contribution in [0.2, 0.25) is 0 Å². The van der Waals surface area contributed by atoms with Gasteiger partial charge >= 0.3 is 12.1 Å². The highest BCUT2D eigenvalue weighted by molar-refractivity contribution is 5.93. The fraction of sp³-hybridized carbons (Fsp3) is 0.450. The molecule has 0 aliphatic carbocycles. The molecule has 13 heteroatoms. The number of piperidine rings is 1. The van der Waals surface area contributed by atoms with Gasteiger partial charge in [0, 0.05) is 19.2 Å². The average molecular weight is 472 g/mol. The SMILES string of the molecule is O=C(O)C(F)(F)F.O=C(c1ccnnc1)N1CCC[C@]2(C[C@@H](Oc3ncccc3F)CO2)C1. The third-order valence-electron chi connectivity index (χ3n) is 5.08. The van der Waals surface area contributed by atoms with E-state index in [9.17, 15) is 22.4 Å². The number of rotatable bonds is 3. The van der Waals surface area contributed by atoms with Crippen molar-refractivity contribution in [1.82, 2.24) is 20.1 Å². The predicted octanol–water partition coefficient (Wildman–Crippen LogP) is 2.49. The van der Waals surface area contributed by atoms with Crippen LogP contribution in [0.3, 0.4) is 0 Å². The van der Waals surface area contributed by atoms with Gasteiger partial charge in [-0.05, 0) is 31.0 Å². The van der Waals surface area contributed by atoms with E-state index in [-0.39, 0.29) is 17.9 Å². The van der Waals surface area contributed by atoms with Crippen LogP contribution >= 0.6 is 0 Å². The quantitative estimate of drug-likeness (QED) is 0.678. The van der Waals surface area contributed by atoms with Crippen molar-refractivity contribution < 1.29 is 41.7 Å². The zero-order valence-corrected chi connectivity index (χ0v) is 17.2. The van der Waals surface area contributed by atoms with Gasteiger partial charge in [-0.25, -0.2) is 14.2 Å². The van der Waals surface area contributed by atoms with E-state index in [1.165, 1.54) is 30.7 Å². The van der Waals surface area contributed by atoms with Crippen molar-refractivity contribution in [2.75, 3.05) is 19.7 Å². The summed E-state index contributed by atoms with van der Waals surface area (Å²) < 4.78 is 57.2. The number of carbonyl (C=O) groups excluding carboxylic acids is 1. The third kappa shape index (κ3) is 6.34. The summed E-state index contributed by atoms with van der Waals surface area (Å²) in [7, 11) is 0. The van der Waals surface area contributed by atoms with E-state index in [0.717, 1.165) is 12.8 Å². The number of hydrogen-bond donors (Lipinski definition) is 1. The molecule has 0 aromatic carbocycles. The number of aliphatic carboxylic acids is 1. The first-order valence-corrected chi connectivity index (χ1v) is 9.87. The molecule has 2 aliphatic rings. The molecule has 1 spiro atoms. The normalized spacial score (nSPS) is 22.4. The largest absolute Gasteiger partial charge is 0.490 e. The number of aromatic nitrogens is 3. The molecule has 4 rings (SSSR count). The van der Waals surface area contributed by atoms with Gasteiger partial charge in [-0.3, -0.25) is 4.79 Å². The molecule has 178 valence electrons. The Morgan fingerprint density at radius 2 is 2.00 bits per heavy atom. The van der Waals surface area contributed by atoms with E-state index >= 15 is 0 Å². The Labute approximate surface area is 185 Å². The molecule has 4 heterocycles. The fourth-order valence-corrected chi connectivity index (χ4v) is 3.65. The van der Waals surface area contributed by atoms with Crippen molar-refractivity contribution in [1.29, 1.82) is 0 Å². The predicted molar refractivity (Wildman–Crippen MR) is 103 cm³/mol. The molecule has 0 unspecified atom stereocenters. The first kappa shape index (κ1) is 24.3. The topological polar surface area (TPSA) is 115 Å². The van der Waals surface area contributed by atoms with Crippen LogP contribution in [0.15, 0.2) is 36.8 Å². The molecule has 0 radical (unpaired) electrons. The van der Waals surface area contributed by atoms with Crippen LogP contribution in [0.4, 0.5) is 17.6 Å². The molecule has 2 aromatic rings. The minimum atomic E-state index is -5.08. The second-order valence-electron chi connectivity index (χ2n) is 7.49. The zero-order valence-electron chi connectivity index (χ0n) is 17.2. The summed E-state index contributed by atoms with van der Waals surface area (Å²) in [5.74, 6) is -3.33. The summed E-state index contributed by atoms with van der Waals surface area (Å²) in [5, 5.41) is 14.6. The average Bonchev–Trinajstić information content (AvgIpc) is 3.16. The monoisotopic (exact) mass is 472 g/mol. The molecule has 2 saturated heterocycles. The molecule has 2 aliphatic heterocycles. The molecule has 0 saturated carbocycles. The highest BCUT2D eigenvalue weighted by Crippen LogP contribution is 2.36. The van der Waals surface area contributed by atoms with E-state index in [1.54, 1.807) is 11.0 Å². The summed E-state index contributed by atoms with van der Waals surface area (Å²) in [4.78, 5) is 27.3. The number of pyridine rings is 1. The first-order chi connectivity index (χ1) is 15.6. The van der Waals surface area contributed by atoms with Gasteiger partial charge in [0.05, 0.1) is 36.7 Å². The van der Waals surface area contributed by atoms with Crippen LogP contribution in [0, 0.1) is 5.82 Å². The fourth-order valence-electron chi connectivity index (χ4n) is 3.65. The Bertz CT molecular complexity index is 978. The van der Waals surface area contributed by atoms with E-state index in [1.807, 2.05) is 0 Å². The molecule has 2 fully saturated rings. The van der Waals surface area contributed by atoms with Crippen LogP contribution in [0.1, 0.15) is 29.6 Å². The highest BCUT2D eigenvalue weighted by atomic mass is 19.4. The lowest BCUT2D eigenvalue weighted by molar-refractivity contribution is -0.192. The summed E-state index contributed by atoms with van der Waals surface area (Å²) in [6, 6.07) is 4.49.